The minimum absolute atomic E-state index is 0.209. The third-order valence-corrected chi connectivity index (χ3v) is 2.96. The Morgan fingerprint density at radius 1 is 1.40 bits per heavy atom. The molecule has 0 aliphatic carbocycles. The lowest BCUT2D eigenvalue weighted by Gasteiger charge is -2.12. The third-order valence-electron chi connectivity index (χ3n) is 2.75. The number of rotatable bonds is 3. The first kappa shape index (κ1) is 14.1. The zero-order chi connectivity index (χ0) is 14.7. The van der Waals surface area contributed by atoms with Gasteiger partial charge in [-0.05, 0) is 30.7 Å². The summed E-state index contributed by atoms with van der Waals surface area (Å²) in [5, 5.41) is 2.97. The van der Waals surface area contributed by atoms with E-state index in [1.807, 2.05) is 19.1 Å². The number of carbonyl (C=O) groups is 1. The van der Waals surface area contributed by atoms with Crippen LogP contribution in [0.4, 0.5) is 11.4 Å². The van der Waals surface area contributed by atoms with Gasteiger partial charge in [-0.2, -0.15) is 0 Å². The molecule has 0 unspecified atom stereocenters. The van der Waals surface area contributed by atoms with Crippen LogP contribution in [0, 0.1) is 6.92 Å². The molecule has 3 N–H and O–H groups in total. The van der Waals surface area contributed by atoms with Crippen LogP contribution < -0.4 is 15.8 Å². The summed E-state index contributed by atoms with van der Waals surface area (Å²) in [6.07, 6.45) is 1.35. The van der Waals surface area contributed by atoms with Crippen LogP contribution in [0.15, 0.2) is 30.5 Å². The van der Waals surface area contributed by atoms with Crippen LogP contribution in [0.1, 0.15) is 15.9 Å². The van der Waals surface area contributed by atoms with E-state index < -0.39 is 0 Å². The van der Waals surface area contributed by atoms with Crippen LogP contribution in [-0.2, 0) is 0 Å². The van der Waals surface area contributed by atoms with Crippen molar-refractivity contribution in [3.63, 3.8) is 0 Å². The Morgan fingerprint density at radius 2 is 2.15 bits per heavy atom. The van der Waals surface area contributed by atoms with E-state index in [-0.39, 0.29) is 22.3 Å². The minimum Gasteiger partial charge on any atom is -0.495 e. The number of benzene rings is 1. The van der Waals surface area contributed by atoms with E-state index in [0.29, 0.717) is 11.4 Å². The first-order chi connectivity index (χ1) is 9.51. The number of nitrogen functional groups attached to an aromatic ring is 1. The van der Waals surface area contributed by atoms with E-state index in [0.717, 1.165) is 5.56 Å². The number of anilines is 2. The number of nitrogens with one attached hydrogen (secondary N) is 1. The Labute approximate surface area is 121 Å². The van der Waals surface area contributed by atoms with Crippen molar-refractivity contribution < 1.29 is 9.53 Å². The summed E-state index contributed by atoms with van der Waals surface area (Å²) < 4.78 is 5.21. The average molecular weight is 292 g/mol. The van der Waals surface area contributed by atoms with Crippen LogP contribution in [0.5, 0.6) is 5.75 Å². The molecule has 1 aromatic carbocycles. The zero-order valence-electron chi connectivity index (χ0n) is 11.1. The molecule has 1 amide bonds. The Morgan fingerprint density at radius 3 is 2.85 bits per heavy atom. The molecule has 0 spiro atoms. The van der Waals surface area contributed by atoms with E-state index in [9.17, 15) is 4.79 Å². The molecule has 0 atom stereocenters. The van der Waals surface area contributed by atoms with Crippen molar-refractivity contribution in [2.45, 2.75) is 6.92 Å². The maximum absolute atomic E-state index is 12.2. The van der Waals surface area contributed by atoms with Crippen LogP contribution in [0.25, 0.3) is 0 Å². The number of methoxy groups -OCH3 is 1. The summed E-state index contributed by atoms with van der Waals surface area (Å²) in [4.78, 5) is 16.0. The van der Waals surface area contributed by atoms with Gasteiger partial charge in [0.15, 0.2) is 0 Å². The second-order valence-corrected chi connectivity index (χ2v) is 4.64. The summed E-state index contributed by atoms with van der Waals surface area (Å²) in [7, 11) is 1.54. The van der Waals surface area contributed by atoms with Crippen molar-refractivity contribution in [1.29, 1.82) is 0 Å². The second-order valence-electron chi connectivity index (χ2n) is 4.25. The Balaban J connectivity index is 2.32. The molecule has 20 heavy (non-hydrogen) atoms. The van der Waals surface area contributed by atoms with Crippen molar-refractivity contribution in [3.05, 3.63) is 46.7 Å². The molecule has 5 nitrogen and oxygen atoms in total. The van der Waals surface area contributed by atoms with Crippen LogP contribution in [-0.4, -0.2) is 18.0 Å². The zero-order valence-corrected chi connectivity index (χ0v) is 11.9. The van der Waals surface area contributed by atoms with Crippen LogP contribution in [0.2, 0.25) is 5.15 Å². The molecule has 0 aliphatic rings. The summed E-state index contributed by atoms with van der Waals surface area (Å²) in [6, 6.07) is 6.92. The number of carbonyl (C=O) groups excluding carboxylic acids is 1. The standard InChI is InChI=1S/C14H14ClN3O2/c1-8-3-4-12(20-2)11(5-8)18-14(19)9-6-13(15)17-7-10(9)16/h3-7H,16H2,1-2H3,(H,18,19). The van der Waals surface area contributed by atoms with Gasteiger partial charge in [0.2, 0.25) is 0 Å². The highest BCUT2D eigenvalue weighted by Crippen LogP contribution is 2.26. The smallest absolute Gasteiger partial charge is 0.258 e. The average Bonchev–Trinajstić information content (AvgIpc) is 2.41. The minimum atomic E-state index is -0.365. The first-order valence-corrected chi connectivity index (χ1v) is 6.26. The molecule has 0 bridgehead atoms. The number of hydrogen-bond acceptors (Lipinski definition) is 4. The Hall–Kier alpha value is -2.27. The lowest BCUT2D eigenvalue weighted by molar-refractivity contribution is 0.102. The molecule has 104 valence electrons. The summed E-state index contributed by atoms with van der Waals surface area (Å²) >= 11 is 5.78. The highest BCUT2D eigenvalue weighted by Gasteiger charge is 2.13. The van der Waals surface area contributed by atoms with Crippen molar-refractivity contribution in [3.8, 4) is 5.75 Å². The van der Waals surface area contributed by atoms with Gasteiger partial charge in [0.05, 0.1) is 30.2 Å². The maximum atomic E-state index is 12.2. The number of aromatic nitrogens is 1. The van der Waals surface area contributed by atoms with Gasteiger partial charge in [0.25, 0.3) is 5.91 Å². The molecule has 1 aromatic heterocycles. The van der Waals surface area contributed by atoms with Crippen molar-refractivity contribution >= 4 is 28.9 Å². The fourth-order valence-corrected chi connectivity index (χ4v) is 1.90. The van der Waals surface area contributed by atoms with Gasteiger partial charge in [0, 0.05) is 0 Å². The highest BCUT2D eigenvalue weighted by molar-refractivity contribution is 6.30. The van der Waals surface area contributed by atoms with E-state index in [4.69, 9.17) is 22.1 Å². The van der Waals surface area contributed by atoms with Gasteiger partial charge in [-0.15, -0.1) is 0 Å². The lowest BCUT2D eigenvalue weighted by Crippen LogP contribution is -2.15. The highest BCUT2D eigenvalue weighted by atomic mass is 35.5. The predicted octanol–water partition coefficient (Wildman–Crippen LogP) is 2.89. The molecule has 6 heteroatoms. The number of halogens is 1. The molecule has 0 aliphatic heterocycles. The maximum Gasteiger partial charge on any atom is 0.258 e. The molecule has 0 fully saturated rings. The molecule has 0 saturated heterocycles. The van der Waals surface area contributed by atoms with Gasteiger partial charge in [0.1, 0.15) is 10.9 Å². The fraction of sp³-hybridized carbons (Fsp3) is 0.143. The van der Waals surface area contributed by atoms with Crippen molar-refractivity contribution in [2.75, 3.05) is 18.2 Å². The first-order valence-electron chi connectivity index (χ1n) is 5.88. The van der Waals surface area contributed by atoms with Gasteiger partial charge >= 0.3 is 0 Å². The Kier molecular flexibility index (Phi) is 4.10. The SMILES string of the molecule is COc1ccc(C)cc1NC(=O)c1cc(Cl)ncc1N. The number of pyridine rings is 1. The van der Waals surface area contributed by atoms with E-state index in [1.54, 1.807) is 6.07 Å². The predicted molar refractivity (Wildman–Crippen MR) is 79.3 cm³/mol. The number of ether oxygens (including phenoxy) is 1. The monoisotopic (exact) mass is 291 g/mol. The van der Waals surface area contributed by atoms with E-state index in [2.05, 4.69) is 10.3 Å². The number of hydrogen-bond donors (Lipinski definition) is 2. The lowest BCUT2D eigenvalue weighted by atomic mass is 10.1. The molecule has 1 heterocycles. The van der Waals surface area contributed by atoms with E-state index >= 15 is 0 Å². The fourth-order valence-electron chi connectivity index (χ4n) is 1.75. The van der Waals surface area contributed by atoms with Gasteiger partial charge in [-0.3, -0.25) is 4.79 Å². The van der Waals surface area contributed by atoms with Crippen molar-refractivity contribution in [1.82, 2.24) is 4.98 Å². The summed E-state index contributed by atoms with van der Waals surface area (Å²) in [5.74, 6) is 0.207. The topological polar surface area (TPSA) is 77.2 Å². The number of nitrogens with two attached hydrogens (primary N) is 1. The van der Waals surface area contributed by atoms with E-state index in [1.165, 1.54) is 19.4 Å². The largest absolute Gasteiger partial charge is 0.495 e. The Bertz CT molecular complexity index is 659. The van der Waals surface area contributed by atoms with Crippen LogP contribution in [0.3, 0.4) is 0 Å². The van der Waals surface area contributed by atoms with Crippen molar-refractivity contribution in [2.24, 2.45) is 0 Å². The number of aryl methyl sites for hydroxylation is 1. The number of nitrogens with zero attached hydrogens (tertiary/aromatic N) is 1. The molecule has 2 aromatic rings. The molecule has 0 saturated carbocycles. The normalized spacial score (nSPS) is 10.2. The molecular formula is C14H14ClN3O2. The number of amides is 1. The van der Waals surface area contributed by atoms with Gasteiger partial charge in [-0.25, -0.2) is 4.98 Å². The summed E-state index contributed by atoms with van der Waals surface area (Å²) in [5.41, 5.74) is 7.84. The van der Waals surface area contributed by atoms with Gasteiger partial charge in [-0.1, -0.05) is 17.7 Å². The third kappa shape index (κ3) is 3.00. The second kappa shape index (κ2) is 5.79. The molecular weight excluding hydrogens is 278 g/mol. The quantitative estimate of drug-likeness (QED) is 0.853. The van der Waals surface area contributed by atoms with Crippen LogP contribution >= 0.6 is 11.6 Å². The molecule has 2 rings (SSSR count). The molecule has 0 radical (unpaired) electrons. The summed E-state index contributed by atoms with van der Waals surface area (Å²) in [6.45, 7) is 1.92. The van der Waals surface area contributed by atoms with Gasteiger partial charge < -0.3 is 15.8 Å².